The molecule has 3 rings (SSSR count). The topological polar surface area (TPSA) is 29.1 Å². The van der Waals surface area contributed by atoms with Crippen LogP contribution >= 0.6 is 0 Å². The minimum absolute atomic E-state index is 0. The fraction of sp³-hybridized carbons (Fsp3) is 0.105. The van der Waals surface area contributed by atoms with Gasteiger partial charge in [-0.3, -0.25) is 4.79 Å². The van der Waals surface area contributed by atoms with Gasteiger partial charge in [-0.2, -0.15) is 35.9 Å². The quantitative estimate of drug-likeness (QED) is 0.571. The summed E-state index contributed by atoms with van der Waals surface area (Å²) >= 11 is 0. The van der Waals surface area contributed by atoms with E-state index in [-0.39, 0.29) is 23.0 Å². The molecule has 0 saturated carbocycles. The molecule has 0 saturated heterocycles. The molecule has 0 spiro atoms. The van der Waals surface area contributed by atoms with Crippen LogP contribution in [-0.4, -0.2) is 12.5 Å². The Morgan fingerprint density at radius 2 is 1.64 bits per heavy atom. The van der Waals surface area contributed by atoms with Gasteiger partial charge in [0.1, 0.15) is 0 Å². The number of hydrogen-bond acceptors (Lipinski definition) is 1. The predicted molar refractivity (Wildman–Crippen MR) is 86.5 cm³/mol. The normalized spacial score (nSPS) is 9.09. The van der Waals surface area contributed by atoms with Crippen LogP contribution in [0.15, 0.2) is 84.9 Å². The fourth-order valence-corrected chi connectivity index (χ4v) is 1.91. The van der Waals surface area contributed by atoms with Crippen LogP contribution in [0.5, 0.6) is 0 Å². The van der Waals surface area contributed by atoms with E-state index in [9.17, 15) is 4.79 Å². The second-order valence-corrected chi connectivity index (χ2v) is 4.63. The zero-order valence-electron chi connectivity index (χ0n) is 12.3. The van der Waals surface area contributed by atoms with Crippen LogP contribution in [0.25, 0.3) is 0 Å². The molecule has 2 nitrogen and oxygen atoms in total. The van der Waals surface area contributed by atoms with Crippen LogP contribution < -0.4 is 5.32 Å². The van der Waals surface area contributed by atoms with E-state index in [4.69, 9.17) is 0 Å². The molecular formula is C19H19FeNO. The van der Waals surface area contributed by atoms with Crippen LogP contribution in [0, 0.1) is 0 Å². The summed E-state index contributed by atoms with van der Waals surface area (Å²) in [7, 11) is 0. The predicted octanol–water partition coefficient (Wildman–Crippen LogP) is 3.78. The second-order valence-electron chi connectivity index (χ2n) is 4.63. The molecule has 0 fully saturated rings. The van der Waals surface area contributed by atoms with E-state index < -0.39 is 0 Å². The standard InChI is InChI=1S/C14H14NO.C5H5.Fe/c16-14(13-8-2-1-3-9-13)15-11-10-12-6-4-5-7-12;1-2-4-5-3-1;/h1-9H,10-11H2,(H,15,16);1-5H;/q2*-1;+2. The Kier molecular flexibility index (Phi) is 8.66. The van der Waals surface area contributed by atoms with Crippen molar-refractivity contribution in [3.05, 3.63) is 96.1 Å². The molecule has 0 aromatic heterocycles. The minimum Gasteiger partial charge on any atom is -0.352 e. The Bertz CT molecular complexity index is 583. The fourth-order valence-electron chi connectivity index (χ4n) is 1.91. The van der Waals surface area contributed by atoms with E-state index >= 15 is 0 Å². The van der Waals surface area contributed by atoms with E-state index in [1.807, 2.05) is 72.8 Å². The number of hydrogen-bond donors (Lipinski definition) is 1. The van der Waals surface area contributed by atoms with Gasteiger partial charge in [-0.05, 0) is 18.6 Å². The maximum Gasteiger partial charge on any atom is 2.00 e. The summed E-state index contributed by atoms with van der Waals surface area (Å²) in [5, 5.41) is 2.90. The number of carbonyl (C=O) groups excluding carboxylic acids is 1. The van der Waals surface area contributed by atoms with Gasteiger partial charge in [-0.25, -0.2) is 24.3 Å². The van der Waals surface area contributed by atoms with Gasteiger partial charge in [0.2, 0.25) is 0 Å². The van der Waals surface area contributed by atoms with Crippen molar-refractivity contribution in [1.29, 1.82) is 0 Å². The molecule has 3 heteroatoms. The summed E-state index contributed by atoms with van der Waals surface area (Å²) in [6, 6.07) is 27.4. The summed E-state index contributed by atoms with van der Waals surface area (Å²) in [4.78, 5) is 11.7. The molecule has 0 heterocycles. The first-order valence-corrected chi connectivity index (χ1v) is 7.07. The first-order chi connectivity index (χ1) is 10.4. The zero-order valence-corrected chi connectivity index (χ0v) is 13.4. The maximum atomic E-state index is 11.7. The average molecular weight is 333 g/mol. The van der Waals surface area contributed by atoms with E-state index in [2.05, 4.69) is 17.4 Å². The van der Waals surface area contributed by atoms with Crippen molar-refractivity contribution < 1.29 is 21.9 Å². The van der Waals surface area contributed by atoms with Crippen molar-refractivity contribution in [1.82, 2.24) is 5.32 Å². The molecule has 114 valence electrons. The molecule has 0 aliphatic heterocycles. The van der Waals surface area contributed by atoms with Gasteiger partial charge in [0, 0.05) is 12.1 Å². The molecule has 0 radical (unpaired) electrons. The molecule has 3 aromatic rings. The number of nitrogens with one attached hydrogen (secondary N) is 1. The van der Waals surface area contributed by atoms with E-state index in [1.54, 1.807) is 0 Å². The average Bonchev–Trinajstić information content (AvgIpc) is 3.24. The van der Waals surface area contributed by atoms with Crippen LogP contribution in [0.3, 0.4) is 0 Å². The van der Waals surface area contributed by atoms with Gasteiger partial charge in [0.25, 0.3) is 5.91 Å². The Morgan fingerprint density at radius 1 is 0.909 bits per heavy atom. The second kappa shape index (κ2) is 10.6. The van der Waals surface area contributed by atoms with Gasteiger partial charge >= 0.3 is 17.1 Å². The summed E-state index contributed by atoms with van der Waals surface area (Å²) < 4.78 is 0. The summed E-state index contributed by atoms with van der Waals surface area (Å²) in [6.07, 6.45) is 0.881. The van der Waals surface area contributed by atoms with Crippen molar-refractivity contribution in [2.24, 2.45) is 0 Å². The molecule has 0 unspecified atom stereocenters. The van der Waals surface area contributed by atoms with E-state index in [0.717, 1.165) is 6.42 Å². The third kappa shape index (κ3) is 6.57. The Balaban J connectivity index is 0.000000344. The number of benzene rings is 1. The van der Waals surface area contributed by atoms with E-state index in [0.29, 0.717) is 12.1 Å². The molecule has 22 heavy (non-hydrogen) atoms. The number of rotatable bonds is 4. The third-order valence-electron chi connectivity index (χ3n) is 3.02. The smallest absolute Gasteiger partial charge is 0.352 e. The van der Waals surface area contributed by atoms with E-state index in [1.165, 1.54) is 5.56 Å². The summed E-state index contributed by atoms with van der Waals surface area (Å²) in [6.45, 7) is 0.678. The number of amides is 1. The monoisotopic (exact) mass is 333 g/mol. The van der Waals surface area contributed by atoms with Gasteiger partial charge in [-0.15, -0.1) is 0 Å². The first kappa shape index (κ1) is 18.0. The Morgan fingerprint density at radius 3 is 2.18 bits per heavy atom. The molecule has 0 aliphatic carbocycles. The molecule has 0 bridgehead atoms. The molecule has 1 N–H and O–H groups in total. The van der Waals surface area contributed by atoms with Crippen molar-refractivity contribution >= 4 is 5.91 Å². The molecule has 1 amide bonds. The molecule has 0 aliphatic rings. The largest absolute Gasteiger partial charge is 2.00 e. The maximum absolute atomic E-state index is 11.7. The molecular weight excluding hydrogens is 314 g/mol. The van der Waals surface area contributed by atoms with Crippen molar-refractivity contribution in [2.75, 3.05) is 6.54 Å². The van der Waals surface area contributed by atoms with Gasteiger partial charge in [-0.1, -0.05) is 18.2 Å². The molecule has 0 atom stereocenters. The SMILES string of the molecule is O=C(NCCc1ccc[cH-]1)c1ccccc1.[Fe+2].c1cc[cH-]c1. The van der Waals surface area contributed by atoms with Crippen molar-refractivity contribution in [3.63, 3.8) is 0 Å². The minimum atomic E-state index is -0.00726. The van der Waals surface area contributed by atoms with Crippen LogP contribution in [0.1, 0.15) is 15.9 Å². The molecule has 3 aromatic carbocycles. The van der Waals surface area contributed by atoms with Gasteiger partial charge < -0.3 is 5.32 Å². The first-order valence-electron chi connectivity index (χ1n) is 7.07. The van der Waals surface area contributed by atoms with Crippen molar-refractivity contribution in [3.8, 4) is 0 Å². The summed E-state index contributed by atoms with van der Waals surface area (Å²) in [5.74, 6) is -0.00726. The van der Waals surface area contributed by atoms with Crippen molar-refractivity contribution in [2.45, 2.75) is 6.42 Å². The van der Waals surface area contributed by atoms with Gasteiger partial charge in [0.15, 0.2) is 0 Å². The van der Waals surface area contributed by atoms with Crippen LogP contribution in [0.2, 0.25) is 0 Å². The number of carbonyl (C=O) groups is 1. The third-order valence-corrected chi connectivity index (χ3v) is 3.02. The summed E-state index contributed by atoms with van der Waals surface area (Å²) in [5.41, 5.74) is 1.97. The van der Waals surface area contributed by atoms with Crippen LogP contribution in [-0.2, 0) is 23.5 Å². The van der Waals surface area contributed by atoms with Gasteiger partial charge in [0.05, 0.1) is 0 Å². The Hall–Kier alpha value is -2.09. The van der Waals surface area contributed by atoms with Crippen LogP contribution in [0.4, 0.5) is 0 Å². The Labute approximate surface area is 142 Å². The zero-order chi connectivity index (χ0) is 14.8.